The van der Waals surface area contributed by atoms with Crippen LogP contribution in [0.5, 0.6) is 0 Å². The summed E-state index contributed by atoms with van der Waals surface area (Å²) in [7, 11) is 0. The Bertz CT molecular complexity index is 915. The van der Waals surface area contributed by atoms with Crippen LogP contribution in [0.2, 0.25) is 0 Å². The molecule has 1 aliphatic rings. The van der Waals surface area contributed by atoms with Crippen molar-refractivity contribution < 1.29 is 4.79 Å². The molecule has 0 spiro atoms. The highest BCUT2D eigenvalue weighted by Gasteiger charge is 2.34. The minimum Gasteiger partial charge on any atom is -0.340 e. The number of aromatic amines is 3. The number of nitrogens with one attached hydrogen (secondary N) is 3. The van der Waals surface area contributed by atoms with E-state index in [9.17, 15) is 9.59 Å². The lowest BCUT2D eigenvalue weighted by Crippen LogP contribution is -2.48. The molecule has 1 aliphatic heterocycles. The van der Waals surface area contributed by atoms with Crippen LogP contribution in [0, 0.1) is 6.92 Å². The van der Waals surface area contributed by atoms with Gasteiger partial charge in [0, 0.05) is 37.0 Å². The van der Waals surface area contributed by atoms with Crippen molar-refractivity contribution >= 4 is 17.1 Å². The number of likely N-dealkylation sites (tertiary alicyclic amines) is 1. The Labute approximate surface area is 124 Å². The van der Waals surface area contributed by atoms with E-state index >= 15 is 0 Å². The van der Waals surface area contributed by atoms with Crippen molar-refractivity contribution in [2.24, 2.45) is 0 Å². The van der Waals surface area contributed by atoms with Gasteiger partial charge in [0.25, 0.3) is 11.5 Å². The number of carbonyl (C=O) groups excluding carboxylic acids is 1. The monoisotopic (exact) mass is 298 g/mol. The number of aryl methyl sites for hydroxylation is 1. The van der Waals surface area contributed by atoms with E-state index in [1.54, 1.807) is 17.2 Å². The van der Waals surface area contributed by atoms with Gasteiger partial charge in [-0.3, -0.25) is 14.7 Å². The number of amides is 1. The van der Waals surface area contributed by atoms with Crippen LogP contribution < -0.4 is 5.56 Å². The molecule has 112 valence electrons. The zero-order chi connectivity index (χ0) is 15.3. The van der Waals surface area contributed by atoms with Gasteiger partial charge < -0.3 is 15.0 Å². The van der Waals surface area contributed by atoms with Crippen molar-refractivity contribution in [1.29, 1.82) is 0 Å². The van der Waals surface area contributed by atoms with Crippen molar-refractivity contribution in [3.63, 3.8) is 0 Å². The summed E-state index contributed by atoms with van der Waals surface area (Å²) in [6, 6.07) is 3.24. The molecule has 4 heterocycles. The average molecular weight is 298 g/mol. The number of nitrogens with zero attached hydrogens (tertiary/aromatic N) is 3. The molecule has 0 aliphatic carbocycles. The minimum absolute atomic E-state index is 0.0508. The van der Waals surface area contributed by atoms with Crippen LogP contribution in [-0.2, 0) is 0 Å². The zero-order valence-corrected chi connectivity index (χ0v) is 11.9. The fourth-order valence-electron chi connectivity index (χ4n) is 2.78. The summed E-state index contributed by atoms with van der Waals surface area (Å²) >= 11 is 0. The van der Waals surface area contributed by atoms with Crippen LogP contribution in [0.15, 0.2) is 23.1 Å². The zero-order valence-electron chi connectivity index (χ0n) is 11.9. The molecule has 0 bridgehead atoms. The normalized spacial score (nSPS) is 15.2. The predicted octanol–water partition coefficient (Wildman–Crippen LogP) is 0.522. The fourth-order valence-corrected chi connectivity index (χ4v) is 2.78. The Morgan fingerprint density at radius 1 is 1.36 bits per heavy atom. The summed E-state index contributed by atoms with van der Waals surface area (Å²) in [6.07, 6.45) is 1.59. The number of aromatic nitrogens is 5. The van der Waals surface area contributed by atoms with Gasteiger partial charge in [-0.2, -0.15) is 0 Å². The minimum atomic E-state index is -0.149. The van der Waals surface area contributed by atoms with E-state index in [1.807, 2.05) is 6.92 Å². The molecule has 8 nitrogen and oxygen atoms in total. The third-order valence-corrected chi connectivity index (χ3v) is 3.97. The lowest BCUT2D eigenvalue weighted by molar-refractivity contribution is 0.0600. The molecule has 1 fully saturated rings. The van der Waals surface area contributed by atoms with E-state index in [4.69, 9.17) is 0 Å². The first-order valence-corrected chi connectivity index (χ1v) is 7.00. The van der Waals surface area contributed by atoms with Crippen LogP contribution in [-0.4, -0.2) is 49.0 Å². The highest BCUT2D eigenvalue weighted by Crippen LogP contribution is 2.27. The van der Waals surface area contributed by atoms with E-state index in [0.717, 1.165) is 11.5 Å². The summed E-state index contributed by atoms with van der Waals surface area (Å²) in [6.45, 7) is 3.00. The van der Waals surface area contributed by atoms with Gasteiger partial charge in [-0.1, -0.05) is 0 Å². The van der Waals surface area contributed by atoms with Gasteiger partial charge >= 0.3 is 0 Å². The topological polar surface area (TPSA) is 111 Å². The Kier molecular flexibility index (Phi) is 2.65. The number of carbonyl (C=O) groups is 1. The summed E-state index contributed by atoms with van der Waals surface area (Å²) in [5.74, 6) is 0.850. The molecule has 0 radical (unpaired) electrons. The van der Waals surface area contributed by atoms with Gasteiger partial charge in [-0.25, -0.2) is 9.97 Å². The molecule has 8 heteroatoms. The number of fused-ring (bicyclic) bond motifs is 1. The van der Waals surface area contributed by atoms with Crippen molar-refractivity contribution in [2.75, 3.05) is 13.1 Å². The van der Waals surface area contributed by atoms with Crippen molar-refractivity contribution in [1.82, 2.24) is 30.0 Å². The highest BCUT2D eigenvalue weighted by molar-refractivity contribution is 6.04. The number of imidazole rings is 1. The maximum atomic E-state index is 12.6. The van der Waals surface area contributed by atoms with Crippen LogP contribution in [0.25, 0.3) is 11.2 Å². The lowest BCUT2D eigenvalue weighted by atomic mass is 9.95. The first-order valence-electron chi connectivity index (χ1n) is 7.00. The molecule has 3 N–H and O–H groups in total. The number of H-pyrrole nitrogens is 3. The van der Waals surface area contributed by atoms with Gasteiger partial charge in [0.15, 0.2) is 5.65 Å². The first kappa shape index (κ1) is 12.8. The molecule has 3 aromatic rings. The van der Waals surface area contributed by atoms with E-state index in [2.05, 4.69) is 25.1 Å². The summed E-state index contributed by atoms with van der Waals surface area (Å²) in [4.78, 5) is 37.0. The molecule has 3 aromatic heterocycles. The Morgan fingerprint density at radius 2 is 2.18 bits per heavy atom. The van der Waals surface area contributed by atoms with Gasteiger partial charge in [-0.05, 0) is 13.0 Å². The number of hydrogen-bond donors (Lipinski definition) is 3. The second-order valence-electron chi connectivity index (χ2n) is 5.50. The summed E-state index contributed by atoms with van der Waals surface area (Å²) in [5.41, 5.74) is 2.49. The third kappa shape index (κ3) is 1.92. The molecule has 0 saturated carbocycles. The largest absolute Gasteiger partial charge is 0.340 e. The highest BCUT2D eigenvalue weighted by atomic mass is 16.2. The van der Waals surface area contributed by atoms with Crippen LogP contribution in [0.1, 0.15) is 27.8 Å². The van der Waals surface area contributed by atoms with E-state index in [1.165, 1.54) is 6.07 Å². The second kappa shape index (κ2) is 4.55. The SMILES string of the molecule is Cc1nc2nccc(C(=O)N3CC(c4cc(=O)[nH][nH]4)C3)c2[nH]1. The quantitative estimate of drug-likeness (QED) is 0.640. The lowest BCUT2D eigenvalue weighted by Gasteiger charge is -2.38. The molecular formula is C14H14N6O2. The maximum Gasteiger partial charge on any atom is 0.264 e. The Balaban J connectivity index is 1.56. The molecule has 4 rings (SSSR count). The number of hydrogen-bond acceptors (Lipinski definition) is 4. The average Bonchev–Trinajstić information content (AvgIpc) is 3.01. The van der Waals surface area contributed by atoms with E-state index < -0.39 is 0 Å². The van der Waals surface area contributed by atoms with Gasteiger partial charge in [0.05, 0.1) is 11.1 Å². The molecule has 1 amide bonds. The number of pyridine rings is 1. The van der Waals surface area contributed by atoms with Gasteiger partial charge in [-0.15, -0.1) is 0 Å². The molecule has 0 aromatic carbocycles. The Hall–Kier alpha value is -2.90. The third-order valence-electron chi connectivity index (χ3n) is 3.97. The predicted molar refractivity (Wildman–Crippen MR) is 78.7 cm³/mol. The van der Waals surface area contributed by atoms with Crippen LogP contribution >= 0.6 is 0 Å². The van der Waals surface area contributed by atoms with Crippen LogP contribution in [0.4, 0.5) is 0 Å². The summed E-state index contributed by atoms with van der Waals surface area (Å²) in [5, 5.41) is 5.35. The second-order valence-corrected chi connectivity index (χ2v) is 5.50. The van der Waals surface area contributed by atoms with E-state index in [0.29, 0.717) is 29.8 Å². The van der Waals surface area contributed by atoms with Crippen molar-refractivity contribution in [2.45, 2.75) is 12.8 Å². The molecular weight excluding hydrogens is 284 g/mol. The van der Waals surface area contributed by atoms with Crippen LogP contribution in [0.3, 0.4) is 0 Å². The van der Waals surface area contributed by atoms with Gasteiger partial charge in [0.1, 0.15) is 5.82 Å². The number of rotatable bonds is 2. The van der Waals surface area contributed by atoms with E-state index in [-0.39, 0.29) is 17.4 Å². The Morgan fingerprint density at radius 3 is 2.91 bits per heavy atom. The molecule has 0 unspecified atom stereocenters. The fraction of sp³-hybridized carbons (Fsp3) is 0.286. The van der Waals surface area contributed by atoms with Gasteiger partial charge in [0.2, 0.25) is 0 Å². The molecule has 1 saturated heterocycles. The van der Waals surface area contributed by atoms with Crippen molar-refractivity contribution in [3.8, 4) is 0 Å². The first-order chi connectivity index (χ1) is 10.6. The molecule has 0 atom stereocenters. The van der Waals surface area contributed by atoms with Crippen molar-refractivity contribution in [3.05, 3.63) is 45.8 Å². The standard InChI is InChI=1S/C14H14N6O2/c1-7-16-12-9(2-3-15-13(12)17-7)14(22)20-5-8(6-20)10-4-11(21)19-18-10/h2-4,8H,5-6H2,1H3,(H,15,16,17)(H2,18,19,21). The molecule has 22 heavy (non-hydrogen) atoms. The summed E-state index contributed by atoms with van der Waals surface area (Å²) < 4.78 is 0. The smallest absolute Gasteiger partial charge is 0.264 e. The maximum absolute atomic E-state index is 12.6.